The topological polar surface area (TPSA) is 131 Å². The minimum Gasteiger partial charge on any atom is -0.493 e. The normalized spacial score (nSPS) is 13.0. The first-order valence-corrected chi connectivity index (χ1v) is 15.2. The quantitative estimate of drug-likeness (QED) is 0.253. The van der Waals surface area contributed by atoms with Gasteiger partial charge in [-0.3, -0.25) is 9.19 Å². The van der Waals surface area contributed by atoms with Gasteiger partial charge in [-0.15, -0.1) is 0 Å². The summed E-state index contributed by atoms with van der Waals surface area (Å²) in [5.41, 5.74) is 1.72. The van der Waals surface area contributed by atoms with Crippen molar-refractivity contribution in [2.24, 2.45) is 0 Å². The number of allylic oxidation sites excluding steroid dienone is 1. The molecule has 1 aromatic carbocycles. The molecule has 16 heteroatoms. The molecule has 46 heavy (non-hydrogen) atoms. The van der Waals surface area contributed by atoms with Crippen molar-refractivity contribution in [2.45, 2.75) is 36.9 Å². The van der Waals surface area contributed by atoms with E-state index in [0.29, 0.717) is 35.5 Å². The van der Waals surface area contributed by atoms with Gasteiger partial charge in [0.05, 0.1) is 67.1 Å². The number of likely N-dealkylation sites (N-methyl/N-ethyl adjacent to an activating group) is 1. The highest BCUT2D eigenvalue weighted by Crippen LogP contribution is 2.38. The van der Waals surface area contributed by atoms with Crippen molar-refractivity contribution in [2.75, 3.05) is 48.1 Å². The van der Waals surface area contributed by atoms with Crippen molar-refractivity contribution in [3.8, 4) is 23.0 Å². The van der Waals surface area contributed by atoms with Gasteiger partial charge in [-0.2, -0.15) is 13.2 Å². The van der Waals surface area contributed by atoms with E-state index in [1.807, 2.05) is 6.08 Å². The molecule has 4 rings (SSSR count). The molecule has 1 aliphatic rings. The molecule has 248 valence electrons. The number of alkyl halides is 3. The zero-order valence-corrected chi connectivity index (χ0v) is 26.6. The number of aromatic nitrogens is 3. The van der Waals surface area contributed by atoms with Crippen molar-refractivity contribution in [3.05, 3.63) is 58.7 Å². The number of carbonyl (C=O) groups excluding carboxylic acids is 2. The Kier molecular flexibility index (Phi) is 10.9. The second kappa shape index (κ2) is 14.7. The molecule has 1 atom stereocenters. The summed E-state index contributed by atoms with van der Waals surface area (Å²) in [6, 6.07) is 3.63. The standard InChI is InChI=1S/C30H33F3N4O8S/c1-18-21(34-11-10-23(18)45-17-30(31,32)33)16-46(40)28-35-20-8-6-7-9-22(20)37(28)29(39)36(2)12-13-44-27(38)19-14-24(41-3)26(43-5)25(15-19)42-4/h6,8,10-11,14-15H,7,9,12-13,16-17H2,1-5H3/t46-/m0/s1. The van der Waals surface area contributed by atoms with Crippen molar-refractivity contribution < 1.29 is 50.7 Å². The van der Waals surface area contributed by atoms with Crippen molar-refractivity contribution in [3.63, 3.8) is 0 Å². The first kappa shape index (κ1) is 34.3. The van der Waals surface area contributed by atoms with E-state index in [4.69, 9.17) is 23.7 Å². The number of methoxy groups -OCH3 is 3. The molecular formula is C30H33F3N4O8S. The summed E-state index contributed by atoms with van der Waals surface area (Å²) in [6.45, 7) is -0.143. The third-order valence-electron chi connectivity index (χ3n) is 7.00. The number of hydrogen-bond donors (Lipinski definition) is 0. The molecule has 1 aliphatic carbocycles. The van der Waals surface area contributed by atoms with Crippen LogP contribution in [0.5, 0.6) is 23.0 Å². The van der Waals surface area contributed by atoms with Crippen LogP contribution in [0.15, 0.2) is 35.6 Å². The Morgan fingerprint density at radius 3 is 2.41 bits per heavy atom. The van der Waals surface area contributed by atoms with Crippen LogP contribution in [0.2, 0.25) is 0 Å². The molecule has 2 heterocycles. The molecule has 0 fully saturated rings. The van der Waals surface area contributed by atoms with Gasteiger partial charge in [0.1, 0.15) is 12.4 Å². The Morgan fingerprint density at radius 2 is 1.78 bits per heavy atom. The summed E-state index contributed by atoms with van der Waals surface area (Å²) in [5.74, 6) is -0.0962. The fraction of sp³-hybridized carbons (Fsp3) is 0.400. The fourth-order valence-electron chi connectivity index (χ4n) is 4.62. The Labute approximate surface area is 265 Å². The van der Waals surface area contributed by atoms with E-state index in [0.717, 1.165) is 0 Å². The maximum absolute atomic E-state index is 13.7. The van der Waals surface area contributed by atoms with Gasteiger partial charge in [0.15, 0.2) is 18.1 Å². The second-order valence-electron chi connectivity index (χ2n) is 10.0. The minimum absolute atomic E-state index is 0.0108. The first-order chi connectivity index (χ1) is 21.9. The van der Waals surface area contributed by atoms with Crippen LogP contribution in [0.3, 0.4) is 0 Å². The molecule has 12 nitrogen and oxygen atoms in total. The molecule has 0 aliphatic heterocycles. The number of amides is 1. The number of ether oxygens (including phenoxy) is 5. The predicted molar refractivity (Wildman–Crippen MR) is 160 cm³/mol. The summed E-state index contributed by atoms with van der Waals surface area (Å²) in [5, 5.41) is -0.0365. The lowest BCUT2D eigenvalue weighted by Crippen LogP contribution is -2.36. The van der Waals surface area contributed by atoms with E-state index in [-0.39, 0.29) is 52.6 Å². The van der Waals surface area contributed by atoms with Crippen LogP contribution in [-0.2, 0) is 27.7 Å². The zero-order valence-electron chi connectivity index (χ0n) is 25.8. The summed E-state index contributed by atoms with van der Waals surface area (Å²) < 4.78 is 79.1. The van der Waals surface area contributed by atoms with E-state index >= 15 is 0 Å². The Bertz CT molecular complexity index is 1630. The van der Waals surface area contributed by atoms with Gasteiger partial charge < -0.3 is 28.6 Å². The first-order valence-electron chi connectivity index (χ1n) is 13.9. The Morgan fingerprint density at radius 1 is 1.09 bits per heavy atom. The lowest BCUT2D eigenvalue weighted by Gasteiger charge is -2.21. The van der Waals surface area contributed by atoms with Crippen LogP contribution in [0, 0.1) is 6.92 Å². The molecule has 0 spiro atoms. The Balaban J connectivity index is 1.49. The number of pyridine rings is 1. The SMILES string of the molecule is COc1cc(C(=O)OCCN(C)C(=O)n2c([S@@](=O)Cc3nccc(OCC(F)(F)F)c3C)nc3c2CCC=C3)cc(OC)c1OC. The van der Waals surface area contributed by atoms with Gasteiger partial charge in [0, 0.05) is 18.8 Å². The van der Waals surface area contributed by atoms with E-state index < -0.39 is 35.6 Å². The van der Waals surface area contributed by atoms with Gasteiger partial charge in [-0.25, -0.2) is 19.1 Å². The summed E-state index contributed by atoms with van der Waals surface area (Å²) in [4.78, 5) is 36.5. The fourth-order valence-corrected chi connectivity index (χ4v) is 5.88. The van der Waals surface area contributed by atoms with E-state index in [1.54, 1.807) is 6.08 Å². The number of halogens is 3. The van der Waals surface area contributed by atoms with Crippen LogP contribution in [-0.4, -0.2) is 90.0 Å². The number of hydrogen-bond acceptors (Lipinski definition) is 10. The van der Waals surface area contributed by atoms with Gasteiger partial charge >= 0.3 is 18.2 Å². The summed E-state index contributed by atoms with van der Waals surface area (Å²) in [6.07, 6.45) is 1.45. The smallest absolute Gasteiger partial charge is 0.422 e. The highest BCUT2D eigenvalue weighted by Gasteiger charge is 2.30. The van der Waals surface area contributed by atoms with Crippen LogP contribution in [0.1, 0.15) is 39.4 Å². The molecule has 2 aromatic heterocycles. The highest BCUT2D eigenvalue weighted by molar-refractivity contribution is 7.84. The zero-order chi connectivity index (χ0) is 33.6. The number of imidazole rings is 1. The lowest BCUT2D eigenvalue weighted by atomic mass is 10.1. The number of fused-ring (bicyclic) bond motifs is 1. The maximum Gasteiger partial charge on any atom is 0.422 e. The number of rotatable bonds is 12. The van der Waals surface area contributed by atoms with E-state index in [9.17, 15) is 27.0 Å². The minimum atomic E-state index is -4.53. The number of benzene rings is 1. The van der Waals surface area contributed by atoms with Gasteiger partial charge in [-0.1, -0.05) is 6.08 Å². The summed E-state index contributed by atoms with van der Waals surface area (Å²) >= 11 is 0. The molecule has 0 bridgehead atoms. The van der Waals surface area contributed by atoms with Gasteiger partial charge in [0.2, 0.25) is 10.9 Å². The predicted octanol–water partition coefficient (Wildman–Crippen LogP) is 4.58. The second-order valence-corrected chi connectivity index (χ2v) is 11.4. The number of esters is 1. The molecule has 0 unspecified atom stereocenters. The van der Waals surface area contributed by atoms with E-state index in [2.05, 4.69) is 9.97 Å². The van der Waals surface area contributed by atoms with E-state index in [1.165, 1.54) is 69.2 Å². The average molecular weight is 667 g/mol. The Hall–Kier alpha value is -4.60. The third-order valence-corrected chi connectivity index (χ3v) is 8.21. The molecule has 0 N–H and O–H groups in total. The molecule has 0 saturated heterocycles. The molecule has 3 aromatic rings. The lowest BCUT2D eigenvalue weighted by molar-refractivity contribution is -0.153. The maximum atomic E-state index is 13.7. The monoisotopic (exact) mass is 666 g/mol. The molecule has 0 saturated carbocycles. The van der Waals surface area contributed by atoms with Crippen LogP contribution in [0.25, 0.3) is 6.08 Å². The van der Waals surface area contributed by atoms with Gasteiger partial charge in [0.25, 0.3) is 0 Å². The number of carbonyl (C=O) groups is 2. The van der Waals surface area contributed by atoms with Crippen LogP contribution >= 0.6 is 0 Å². The van der Waals surface area contributed by atoms with Crippen molar-refractivity contribution >= 4 is 28.9 Å². The average Bonchev–Trinajstić information content (AvgIpc) is 3.43. The van der Waals surface area contributed by atoms with Crippen molar-refractivity contribution in [1.29, 1.82) is 0 Å². The van der Waals surface area contributed by atoms with Crippen molar-refractivity contribution in [1.82, 2.24) is 19.4 Å². The molecular weight excluding hydrogens is 633 g/mol. The van der Waals surface area contributed by atoms with Crippen LogP contribution < -0.4 is 18.9 Å². The summed E-state index contributed by atoms with van der Waals surface area (Å²) in [7, 11) is 3.85. The molecule has 1 amide bonds. The third kappa shape index (κ3) is 7.78. The largest absolute Gasteiger partial charge is 0.493 e. The van der Waals surface area contributed by atoms with Crippen LogP contribution in [0.4, 0.5) is 18.0 Å². The molecule has 0 radical (unpaired) electrons. The van der Waals surface area contributed by atoms with Gasteiger partial charge in [-0.05, 0) is 44.0 Å². The number of nitrogens with zero attached hydrogens (tertiary/aromatic N) is 4. The highest BCUT2D eigenvalue weighted by atomic mass is 32.2.